The van der Waals surface area contributed by atoms with Crippen molar-refractivity contribution in [2.75, 3.05) is 12.4 Å². The van der Waals surface area contributed by atoms with Crippen LogP contribution in [0.4, 0.5) is 0 Å². The van der Waals surface area contributed by atoms with E-state index in [2.05, 4.69) is 15.3 Å². The van der Waals surface area contributed by atoms with Crippen LogP contribution in [0.2, 0.25) is 0 Å². The van der Waals surface area contributed by atoms with E-state index in [1.165, 1.54) is 16.9 Å². The Morgan fingerprint density at radius 3 is 2.77 bits per heavy atom. The van der Waals surface area contributed by atoms with E-state index in [9.17, 15) is 14.4 Å². The number of hydrogen-bond acceptors (Lipinski definition) is 7. The van der Waals surface area contributed by atoms with Crippen LogP contribution in [0.15, 0.2) is 4.79 Å². The summed E-state index contributed by atoms with van der Waals surface area (Å²) in [6, 6.07) is 0. The van der Waals surface area contributed by atoms with Gasteiger partial charge in [0.15, 0.2) is 0 Å². The monoisotopic (exact) mass is 463 g/mol. The molecule has 2 aliphatic carbocycles. The number of aromatic amines is 1. The van der Waals surface area contributed by atoms with Gasteiger partial charge in [-0.1, -0.05) is 12.8 Å². The van der Waals surface area contributed by atoms with Crippen LogP contribution in [-0.2, 0) is 32.9 Å². The van der Waals surface area contributed by atoms with Crippen LogP contribution >= 0.6 is 23.1 Å². The summed E-state index contributed by atoms with van der Waals surface area (Å²) >= 11 is 3.21. The van der Waals surface area contributed by atoms with Crippen LogP contribution in [0.3, 0.4) is 0 Å². The molecule has 2 aromatic heterocycles. The number of aromatic nitrogens is 2. The van der Waals surface area contributed by atoms with Gasteiger partial charge < -0.3 is 15.0 Å². The molecule has 0 unspecified atom stereocenters. The van der Waals surface area contributed by atoms with Gasteiger partial charge in [-0.05, 0) is 51.0 Å². The molecular formula is C22H29N3O4S2. The topological polar surface area (TPSA) is 101 Å². The van der Waals surface area contributed by atoms with Crippen molar-refractivity contribution in [3.63, 3.8) is 0 Å². The molecule has 0 bridgehead atoms. The number of amides is 1. The number of aryl methyl sites for hydroxylation is 2. The number of carbonyl (C=O) groups excluding carboxylic acids is 2. The van der Waals surface area contributed by atoms with Gasteiger partial charge in [-0.25, -0.2) is 9.78 Å². The number of ether oxygens (including phenoxy) is 1. The molecule has 4 rings (SSSR count). The number of carbonyl (C=O) groups is 2. The molecule has 2 aliphatic rings. The van der Waals surface area contributed by atoms with Gasteiger partial charge in [-0.2, -0.15) is 11.8 Å². The Morgan fingerprint density at radius 2 is 2.00 bits per heavy atom. The van der Waals surface area contributed by atoms with E-state index in [1.807, 2.05) is 0 Å². The lowest BCUT2D eigenvalue weighted by Crippen LogP contribution is -2.53. The Morgan fingerprint density at radius 1 is 1.23 bits per heavy atom. The Bertz CT molecular complexity index is 1020. The Kier molecular flexibility index (Phi) is 7.01. The summed E-state index contributed by atoms with van der Waals surface area (Å²) in [5.74, 6) is 1.34. The van der Waals surface area contributed by atoms with Gasteiger partial charge in [0.25, 0.3) is 5.56 Å². The minimum atomic E-state index is -0.853. The molecule has 7 nitrogen and oxygen atoms in total. The van der Waals surface area contributed by atoms with Gasteiger partial charge >= 0.3 is 5.97 Å². The zero-order valence-corrected chi connectivity index (χ0v) is 19.5. The number of thioether (sulfide) groups is 1. The first kappa shape index (κ1) is 22.3. The summed E-state index contributed by atoms with van der Waals surface area (Å²) in [7, 11) is 0. The minimum Gasteiger partial charge on any atom is -0.464 e. The predicted octanol–water partition coefficient (Wildman–Crippen LogP) is 3.48. The third kappa shape index (κ3) is 4.82. The first-order valence-corrected chi connectivity index (χ1v) is 13.1. The van der Waals surface area contributed by atoms with E-state index in [0.717, 1.165) is 42.3 Å². The standard InChI is InChI=1S/C22H29N3O4S2/c1-2-29-21(28)22(10-5-6-11-22)25-17(26)9-12-30-13-16-23-19(27)18-14-7-3-4-8-15(14)31-20(18)24-16/h2-13H2,1H3,(H,25,26)(H,23,24,27). The summed E-state index contributed by atoms with van der Waals surface area (Å²) in [6.45, 7) is 2.09. The van der Waals surface area contributed by atoms with Crippen molar-refractivity contribution in [2.45, 2.75) is 76.0 Å². The van der Waals surface area contributed by atoms with Gasteiger partial charge in [0.1, 0.15) is 16.2 Å². The molecule has 2 N–H and O–H groups in total. The van der Waals surface area contributed by atoms with Crippen molar-refractivity contribution < 1.29 is 14.3 Å². The highest BCUT2D eigenvalue weighted by molar-refractivity contribution is 7.98. The van der Waals surface area contributed by atoms with Crippen molar-refractivity contribution >= 4 is 45.2 Å². The van der Waals surface area contributed by atoms with E-state index in [0.29, 0.717) is 43.2 Å². The molecule has 0 aliphatic heterocycles. The number of hydrogen-bond donors (Lipinski definition) is 2. The van der Waals surface area contributed by atoms with Gasteiger partial charge in [-0.15, -0.1) is 11.3 Å². The maximum Gasteiger partial charge on any atom is 0.331 e. The number of nitrogens with one attached hydrogen (secondary N) is 2. The molecule has 0 radical (unpaired) electrons. The summed E-state index contributed by atoms with van der Waals surface area (Å²) in [4.78, 5) is 47.2. The zero-order chi connectivity index (χ0) is 21.8. The number of esters is 1. The van der Waals surface area contributed by atoms with Crippen LogP contribution in [-0.4, -0.2) is 39.7 Å². The highest BCUT2D eigenvalue weighted by atomic mass is 32.2. The zero-order valence-electron chi connectivity index (χ0n) is 17.9. The normalized spacial score (nSPS) is 17.5. The molecule has 31 heavy (non-hydrogen) atoms. The highest BCUT2D eigenvalue weighted by Crippen LogP contribution is 2.34. The average molecular weight is 464 g/mol. The molecule has 0 saturated heterocycles. The van der Waals surface area contributed by atoms with Crippen molar-refractivity contribution in [3.05, 3.63) is 26.6 Å². The van der Waals surface area contributed by atoms with Gasteiger partial charge in [-0.3, -0.25) is 9.59 Å². The lowest BCUT2D eigenvalue weighted by atomic mass is 9.97. The molecule has 0 aromatic carbocycles. The van der Waals surface area contributed by atoms with Crippen molar-refractivity contribution in [3.8, 4) is 0 Å². The van der Waals surface area contributed by atoms with Gasteiger partial charge in [0.2, 0.25) is 5.91 Å². The third-order valence-electron chi connectivity index (χ3n) is 6.09. The molecule has 1 saturated carbocycles. The van der Waals surface area contributed by atoms with Crippen LogP contribution in [0.1, 0.15) is 68.1 Å². The molecule has 1 amide bonds. The predicted molar refractivity (Wildman–Crippen MR) is 124 cm³/mol. The molecule has 1 fully saturated rings. The second kappa shape index (κ2) is 9.73. The van der Waals surface area contributed by atoms with Gasteiger partial charge in [0.05, 0.1) is 17.7 Å². The molecule has 0 spiro atoms. The van der Waals surface area contributed by atoms with Crippen LogP contribution in [0.5, 0.6) is 0 Å². The number of thiophene rings is 1. The van der Waals surface area contributed by atoms with Crippen molar-refractivity contribution in [1.82, 2.24) is 15.3 Å². The minimum absolute atomic E-state index is 0.0460. The Balaban J connectivity index is 1.31. The maximum absolute atomic E-state index is 12.6. The summed E-state index contributed by atoms with van der Waals surface area (Å²) < 4.78 is 5.19. The largest absolute Gasteiger partial charge is 0.464 e. The lowest BCUT2D eigenvalue weighted by molar-refractivity contribution is -0.153. The molecule has 2 heterocycles. The van der Waals surface area contributed by atoms with Gasteiger partial charge in [0, 0.05) is 17.1 Å². The third-order valence-corrected chi connectivity index (χ3v) is 8.24. The number of fused-ring (bicyclic) bond motifs is 3. The summed E-state index contributed by atoms with van der Waals surface area (Å²) in [5, 5.41) is 3.71. The first-order chi connectivity index (χ1) is 15.0. The fraction of sp³-hybridized carbons (Fsp3) is 0.636. The number of rotatable bonds is 8. The SMILES string of the molecule is CCOC(=O)C1(NC(=O)CCSCc2nc3sc4c(c3c(=O)[nH]2)CCCC4)CCCC1. The number of H-pyrrole nitrogens is 1. The molecule has 168 valence electrons. The fourth-order valence-electron chi connectivity index (χ4n) is 4.57. The summed E-state index contributed by atoms with van der Waals surface area (Å²) in [6.07, 6.45) is 7.75. The van der Waals surface area contributed by atoms with E-state index in [1.54, 1.807) is 30.0 Å². The van der Waals surface area contributed by atoms with E-state index in [-0.39, 0.29) is 17.4 Å². The van der Waals surface area contributed by atoms with Crippen molar-refractivity contribution in [2.24, 2.45) is 0 Å². The number of nitrogens with zero attached hydrogens (tertiary/aromatic N) is 1. The van der Waals surface area contributed by atoms with Crippen molar-refractivity contribution in [1.29, 1.82) is 0 Å². The second-order valence-electron chi connectivity index (χ2n) is 8.26. The average Bonchev–Trinajstić information content (AvgIpc) is 3.36. The maximum atomic E-state index is 12.6. The molecular weight excluding hydrogens is 434 g/mol. The van der Waals surface area contributed by atoms with Crippen LogP contribution in [0.25, 0.3) is 10.2 Å². The van der Waals surface area contributed by atoms with E-state index >= 15 is 0 Å². The van der Waals surface area contributed by atoms with Crippen LogP contribution < -0.4 is 10.9 Å². The van der Waals surface area contributed by atoms with E-state index in [4.69, 9.17) is 4.74 Å². The smallest absolute Gasteiger partial charge is 0.331 e. The Labute approximate surface area is 189 Å². The fourth-order valence-corrected chi connectivity index (χ4v) is 6.65. The molecule has 0 atom stereocenters. The highest BCUT2D eigenvalue weighted by Gasteiger charge is 2.43. The molecule has 2 aromatic rings. The second-order valence-corrected chi connectivity index (χ2v) is 10.5. The quantitative estimate of drug-likeness (QED) is 0.459. The van der Waals surface area contributed by atoms with Crippen LogP contribution in [0, 0.1) is 0 Å². The Hall–Kier alpha value is -1.87. The first-order valence-electron chi connectivity index (χ1n) is 11.1. The lowest BCUT2D eigenvalue weighted by Gasteiger charge is -2.27. The van der Waals surface area contributed by atoms with E-state index < -0.39 is 5.54 Å². The molecule has 9 heteroatoms. The summed E-state index contributed by atoms with van der Waals surface area (Å²) in [5.41, 5.74) is 0.294.